The molecule has 0 radical (unpaired) electrons. The molecule has 5 heteroatoms. The highest BCUT2D eigenvalue weighted by molar-refractivity contribution is 7.17. The van der Waals surface area contributed by atoms with E-state index in [1.54, 1.807) is 16.2 Å². The smallest absolute Gasteiger partial charge is 0.239 e. The molecule has 1 saturated heterocycles. The number of fused-ring (bicyclic) bond motifs is 1. The van der Waals surface area contributed by atoms with Gasteiger partial charge in [0.2, 0.25) is 5.91 Å². The molecular formula is C15H18N2O2S. The lowest BCUT2D eigenvalue weighted by atomic mass is 10.1. The number of nitrogens with one attached hydrogen (secondary N) is 1. The highest BCUT2D eigenvalue weighted by atomic mass is 32.1. The summed E-state index contributed by atoms with van der Waals surface area (Å²) in [6, 6.07) is 7.99. The normalized spacial score (nSPS) is 22.3. The van der Waals surface area contributed by atoms with Crippen molar-refractivity contribution in [3.05, 3.63) is 35.2 Å². The number of β-amino-alcohol motifs (C(OH)–C–C–N with tert-alkyl or cyclic N) is 1. The molecular weight excluding hydrogens is 272 g/mol. The van der Waals surface area contributed by atoms with Gasteiger partial charge in [0.15, 0.2) is 0 Å². The molecule has 2 heterocycles. The largest absolute Gasteiger partial charge is 0.392 e. The molecule has 1 aliphatic heterocycles. The predicted octanol–water partition coefficient (Wildman–Crippen LogP) is 1.58. The summed E-state index contributed by atoms with van der Waals surface area (Å²) in [5, 5.41) is 15.9. The van der Waals surface area contributed by atoms with Gasteiger partial charge in [0.1, 0.15) is 0 Å². The van der Waals surface area contributed by atoms with Crippen molar-refractivity contribution >= 4 is 27.3 Å². The lowest BCUT2D eigenvalue weighted by Crippen LogP contribution is -2.41. The first-order chi connectivity index (χ1) is 9.65. The summed E-state index contributed by atoms with van der Waals surface area (Å²) in [6.45, 7) is 1.11. The Labute approximate surface area is 122 Å². The summed E-state index contributed by atoms with van der Waals surface area (Å²) in [6.07, 6.45) is 0.104. The van der Waals surface area contributed by atoms with E-state index in [0.29, 0.717) is 19.5 Å². The monoisotopic (exact) mass is 290 g/mol. The molecule has 3 rings (SSSR count). The van der Waals surface area contributed by atoms with Crippen LogP contribution in [0.5, 0.6) is 0 Å². The van der Waals surface area contributed by atoms with Crippen LogP contribution >= 0.6 is 11.3 Å². The van der Waals surface area contributed by atoms with Crippen molar-refractivity contribution in [2.75, 3.05) is 13.6 Å². The van der Waals surface area contributed by atoms with Crippen molar-refractivity contribution in [1.82, 2.24) is 10.2 Å². The first-order valence-electron chi connectivity index (χ1n) is 6.76. The molecule has 20 heavy (non-hydrogen) atoms. The fourth-order valence-electron chi connectivity index (χ4n) is 2.66. The third kappa shape index (κ3) is 2.57. The quantitative estimate of drug-likeness (QED) is 0.902. The summed E-state index contributed by atoms with van der Waals surface area (Å²) in [7, 11) is 1.82. The van der Waals surface area contributed by atoms with Crippen molar-refractivity contribution in [3.8, 4) is 0 Å². The summed E-state index contributed by atoms with van der Waals surface area (Å²) < 4.78 is 1.25. The standard InChI is InChI=1S/C15H18N2O2S/c1-17(15(19)13-6-11(18)7-16-13)8-10-9-20-14-5-3-2-4-12(10)14/h2-5,9,11,13,16,18H,6-8H2,1H3. The number of nitrogens with zero attached hydrogens (tertiary/aromatic N) is 1. The van der Waals surface area contributed by atoms with Gasteiger partial charge < -0.3 is 15.3 Å². The van der Waals surface area contributed by atoms with E-state index in [0.717, 1.165) is 0 Å². The number of likely N-dealkylation sites (N-methyl/N-ethyl adjacent to an activating group) is 1. The van der Waals surface area contributed by atoms with E-state index in [1.165, 1.54) is 15.6 Å². The Bertz CT molecular complexity index is 625. The van der Waals surface area contributed by atoms with Crippen LogP contribution in [-0.4, -0.2) is 41.7 Å². The van der Waals surface area contributed by atoms with Gasteiger partial charge in [0.25, 0.3) is 0 Å². The Morgan fingerprint density at radius 1 is 1.50 bits per heavy atom. The molecule has 106 valence electrons. The van der Waals surface area contributed by atoms with Gasteiger partial charge in [-0.1, -0.05) is 18.2 Å². The number of rotatable bonds is 3. The maximum absolute atomic E-state index is 12.3. The maximum Gasteiger partial charge on any atom is 0.239 e. The molecule has 0 saturated carbocycles. The highest BCUT2D eigenvalue weighted by Crippen LogP contribution is 2.26. The number of carbonyl (C=O) groups excluding carboxylic acids is 1. The molecule has 4 nitrogen and oxygen atoms in total. The number of hydrogen-bond acceptors (Lipinski definition) is 4. The second-order valence-electron chi connectivity index (χ2n) is 5.30. The minimum atomic E-state index is -0.403. The topological polar surface area (TPSA) is 52.6 Å². The van der Waals surface area contributed by atoms with E-state index in [4.69, 9.17) is 0 Å². The number of aliphatic hydroxyl groups excluding tert-OH is 1. The maximum atomic E-state index is 12.3. The average Bonchev–Trinajstić information content (AvgIpc) is 3.05. The fraction of sp³-hybridized carbons (Fsp3) is 0.400. The molecule has 0 bridgehead atoms. The summed E-state index contributed by atoms with van der Waals surface area (Å²) in [5.74, 6) is 0.0526. The molecule has 1 amide bonds. The molecule has 2 atom stereocenters. The van der Waals surface area contributed by atoms with Crippen molar-refractivity contribution in [2.45, 2.75) is 25.1 Å². The van der Waals surface area contributed by atoms with E-state index in [9.17, 15) is 9.90 Å². The predicted molar refractivity (Wildman–Crippen MR) is 80.7 cm³/mol. The van der Waals surface area contributed by atoms with Crippen molar-refractivity contribution in [1.29, 1.82) is 0 Å². The lowest BCUT2D eigenvalue weighted by molar-refractivity contribution is -0.132. The third-order valence-electron chi connectivity index (χ3n) is 3.75. The number of hydrogen-bond donors (Lipinski definition) is 2. The Balaban J connectivity index is 1.72. The van der Waals surface area contributed by atoms with Gasteiger partial charge in [0, 0.05) is 24.8 Å². The van der Waals surface area contributed by atoms with E-state index < -0.39 is 6.10 Å². The number of thiophene rings is 1. The average molecular weight is 290 g/mol. The van der Waals surface area contributed by atoms with E-state index >= 15 is 0 Å². The van der Waals surface area contributed by atoms with Gasteiger partial charge >= 0.3 is 0 Å². The molecule has 2 aromatic rings. The van der Waals surface area contributed by atoms with Crippen LogP contribution in [0.1, 0.15) is 12.0 Å². The Kier molecular flexibility index (Phi) is 3.74. The van der Waals surface area contributed by atoms with Crippen LogP contribution in [0.4, 0.5) is 0 Å². The van der Waals surface area contributed by atoms with Crippen LogP contribution in [-0.2, 0) is 11.3 Å². The second-order valence-corrected chi connectivity index (χ2v) is 6.21. The SMILES string of the molecule is CN(Cc1csc2ccccc12)C(=O)C1CC(O)CN1. The van der Waals surface area contributed by atoms with Crippen molar-refractivity contribution < 1.29 is 9.90 Å². The van der Waals surface area contributed by atoms with Crippen LogP contribution in [0.15, 0.2) is 29.6 Å². The zero-order chi connectivity index (χ0) is 14.1. The zero-order valence-electron chi connectivity index (χ0n) is 11.4. The molecule has 1 fully saturated rings. The molecule has 1 aromatic carbocycles. The highest BCUT2D eigenvalue weighted by Gasteiger charge is 2.30. The minimum Gasteiger partial charge on any atom is -0.392 e. The summed E-state index contributed by atoms with van der Waals surface area (Å²) in [4.78, 5) is 14.0. The van der Waals surface area contributed by atoms with E-state index in [2.05, 4.69) is 22.8 Å². The van der Waals surface area contributed by atoms with Gasteiger partial charge in [-0.3, -0.25) is 4.79 Å². The molecule has 1 aromatic heterocycles. The van der Waals surface area contributed by atoms with E-state index in [1.807, 2.05) is 19.2 Å². The van der Waals surface area contributed by atoms with Gasteiger partial charge in [-0.15, -0.1) is 11.3 Å². The van der Waals surface area contributed by atoms with Gasteiger partial charge in [-0.2, -0.15) is 0 Å². The number of carbonyl (C=O) groups is 1. The van der Waals surface area contributed by atoms with Crippen LogP contribution in [0.3, 0.4) is 0 Å². The Hall–Kier alpha value is -1.43. The van der Waals surface area contributed by atoms with Crippen LogP contribution in [0, 0.1) is 0 Å². The molecule has 0 spiro atoms. The van der Waals surface area contributed by atoms with Crippen molar-refractivity contribution in [3.63, 3.8) is 0 Å². The first kappa shape index (κ1) is 13.5. The first-order valence-corrected chi connectivity index (χ1v) is 7.64. The Morgan fingerprint density at radius 2 is 2.30 bits per heavy atom. The summed E-state index contributed by atoms with van der Waals surface area (Å²) >= 11 is 1.71. The number of benzene rings is 1. The second kappa shape index (κ2) is 5.52. The van der Waals surface area contributed by atoms with Gasteiger partial charge in [-0.05, 0) is 28.8 Å². The van der Waals surface area contributed by atoms with Gasteiger partial charge in [0.05, 0.1) is 12.1 Å². The van der Waals surface area contributed by atoms with Crippen LogP contribution < -0.4 is 5.32 Å². The molecule has 0 aliphatic carbocycles. The molecule has 2 unspecified atom stereocenters. The number of amides is 1. The lowest BCUT2D eigenvalue weighted by Gasteiger charge is -2.21. The molecule has 2 N–H and O–H groups in total. The molecule has 1 aliphatic rings. The third-order valence-corrected chi connectivity index (χ3v) is 4.76. The van der Waals surface area contributed by atoms with E-state index in [-0.39, 0.29) is 11.9 Å². The van der Waals surface area contributed by atoms with Crippen molar-refractivity contribution in [2.24, 2.45) is 0 Å². The number of aliphatic hydroxyl groups is 1. The summed E-state index contributed by atoms with van der Waals surface area (Å²) in [5.41, 5.74) is 1.18. The van der Waals surface area contributed by atoms with Crippen LogP contribution in [0.25, 0.3) is 10.1 Å². The van der Waals surface area contributed by atoms with Gasteiger partial charge in [-0.25, -0.2) is 0 Å². The van der Waals surface area contributed by atoms with Crippen LogP contribution in [0.2, 0.25) is 0 Å². The fourth-order valence-corrected chi connectivity index (χ4v) is 3.61. The minimum absolute atomic E-state index is 0.0526. The Morgan fingerprint density at radius 3 is 3.05 bits per heavy atom. The zero-order valence-corrected chi connectivity index (χ0v) is 12.2.